The van der Waals surface area contributed by atoms with Gasteiger partial charge in [0.05, 0.1) is 33.2 Å². The minimum Gasteiger partial charge on any atom is -0.310 e. The Morgan fingerprint density at radius 3 is 1.72 bits per heavy atom. The molecule has 3 aliphatic carbocycles. The van der Waals surface area contributed by atoms with E-state index in [1.807, 2.05) is 11.3 Å². The Kier molecular flexibility index (Phi) is 8.57. The molecule has 15 aromatic rings. The number of hydrogen-bond donors (Lipinski definition) is 0. The van der Waals surface area contributed by atoms with E-state index in [9.17, 15) is 0 Å². The number of rotatable bonds is 4. The van der Waals surface area contributed by atoms with Gasteiger partial charge in [-0.05, 0) is 149 Å². The molecule has 0 fully saturated rings. The van der Waals surface area contributed by atoms with Crippen LogP contribution in [0.2, 0.25) is 0 Å². The predicted octanol–water partition coefficient (Wildman–Crippen LogP) is 20.5. The van der Waals surface area contributed by atoms with Crippen LogP contribution in [-0.2, 0) is 10.8 Å². The molecule has 3 heterocycles. The van der Waals surface area contributed by atoms with Crippen molar-refractivity contribution >= 4 is 81.1 Å². The first-order valence-electron chi connectivity index (χ1n) is 28.2. The number of thiophene rings is 1. The molecule has 0 amide bonds. The van der Waals surface area contributed by atoms with Crippen LogP contribution in [0.3, 0.4) is 0 Å². The zero-order chi connectivity index (χ0) is 52.7. The summed E-state index contributed by atoms with van der Waals surface area (Å²) in [4.78, 5) is 2.59. The topological polar surface area (TPSA) is 8.17 Å². The minimum atomic E-state index is -0.608. The third kappa shape index (κ3) is 5.38. The summed E-state index contributed by atoms with van der Waals surface area (Å²) < 4.78 is 5.16. The van der Waals surface area contributed by atoms with Gasteiger partial charge in [-0.3, -0.25) is 0 Å². The summed E-state index contributed by atoms with van der Waals surface area (Å²) in [6, 6.07) is 106. The Morgan fingerprint density at radius 1 is 0.321 bits per heavy atom. The highest BCUT2D eigenvalue weighted by atomic mass is 32.1. The van der Waals surface area contributed by atoms with Crippen molar-refractivity contribution in [1.29, 1.82) is 0 Å². The van der Waals surface area contributed by atoms with Crippen LogP contribution in [0.4, 0.5) is 17.1 Å². The summed E-state index contributed by atoms with van der Waals surface area (Å²) in [6.07, 6.45) is 0. The van der Waals surface area contributed by atoms with Crippen LogP contribution < -0.4 is 4.90 Å². The van der Waals surface area contributed by atoms with Crippen LogP contribution in [0, 0.1) is 0 Å². The average molecular weight is 1040 g/mol. The maximum atomic E-state index is 2.59. The molecule has 2 nitrogen and oxygen atoms in total. The molecule has 0 saturated heterocycles. The van der Waals surface area contributed by atoms with Gasteiger partial charge in [0, 0.05) is 47.9 Å². The first-order chi connectivity index (χ1) is 40.2. The first-order valence-corrected chi connectivity index (χ1v) is 29.1. The summed E-state index contributed by atoms with van der Waals surface area (Å²) in [5, 5.41) is 7.74. The van der Waals surface area contributed by atoms with Gasteiger partial charge in [-0.15, -0.1) is 11.3 Å². The van der Waals surface area contributed by atoms with E-state index in [1.54, 1.807) is 0 Å². The molecule has 0 N–H and O–H groups in total. The van der Waals surface area contributed by atoms with E-state index in [-0.39, 0.29) is 0 Å². The van der Waals surface area contributed by atoms with Gasteiger partial charge >= 0.3 is 0 Å². The van der Waals surface area contributed by atoms with Crippen molar-refractivity contribution in [3.8, 4) is 50.2 Å². The number of benzene rings is 13. The van der Waals surface area contributed by atoms with E-state index in [4.69, 9.17) is 0 Å². The average Bonchev–Trinajstić information content (AvgIpc) is 2.39. The minimum absolute atomic E-state index is 0.548. The number of para-hydroxylation sites is 3. The van der Waals surface area contributed by atoms with E-state index in [0.29, 0.717) is 0 Å². The standard InChI is InChI=1S/C78H46N2S/c1-2-19-51-47(18-1)40-45-65-73(51)57-22-4-9-28-61(57)77(65)60-27-8-3-20-53(60)54-44-43-50(46-67(54)77)79(49-41-38-48(39-42-49)52-25-16-37-72-74(52)59-24-7-14-36-71(59)81-72)70-35-17-31-64-75(70)58-23-5-10-29-62(58)78(64)63-30-11-13-34-69(63)80-68-33-12-6-21-55(68)56-26-15-32-66(78)76(56)80/h1-46H. The molecule has 19 rings (SSSR count). The Balaban J connectivity index is 0.898. The zero-order valence-corrected chi connectivity index (χ0v) is 44.7. The zero-order valence-electron chi connectivity index (χ0n) is 43.9. The second-order valence-electron chi connectivity index (χ2n) is 22.5. The van der Waals surface area contributed by atoms with Crippen LogP contribution >= 0.6 is 11.3 Å². The molecule has 2 spiro atoms. The monoisotopic (exact) mass is 1040 g/mol. The number of nitrogens with zero attached hydrogens (tertiary/aromatic N) is 2. The van der Waals surface area contributed by atoms with Crippen LogP contribution in [0.15, 0.2) is 279 Å². The van der Waals surface area contributed by atoms with Gasteiger partial charge in [0.1, 0.15) is 0 Å². The highest BCUT2D eigenvalue weighted by Gasteiger charge is 2.54. The lowest BCUT2D eigenvalue weighted by molar-refractivity contribution is 0.748. The first kappa shape index (κ1) is 43.9. The highest BCUT2D eigenvalue weighted by molar-refractivity contribution is 7.25. The fourth-order valence-corrected chi connectivity index (χ4v) is 17.2. The van der Waals surface area contributed by atoms with Crippen molar-refractivity contribution in [3.05, 3.63) is 324 Å². The summed E-state index contributed by atoms with van der Waals surface area (Å²) in [7, 11) is 0. The number of fused-ring (bicyclic) bond motifs is 27. The molecule has 2 aromatic heterocycles. The van der Waals surface area contributed by atoms with Crippen LogP contribution in [0.5, 0.6) is 0 Å². The lowest BCUT2D eigenvalue weighted by Gasteiger charge is -2.39. The van der Waals surface area contributed by atoms with Crippen molar-refractivity contribution in [3.63, 3.8) is 0 Å². The maximum Gasteiger partial charge on any atom is 0.0755 e. The Hall–Kier alpha value is -10.1. The Morgan fingerprint density at radius 2 is 0.877 bits per heavy atom. The molecule has 2 atom stereocenters. The summed E-state index contributed by atoms with van der Waals surface area (Å²) in [5.74, 6) is 0. The second kappa shape index (κ2) is 15.8. The largest absolute Gasteiger partial charge is 0.310 e. The summed E-state index contributed by atoms with van der Waals surface area (Å²) in [5.41, 5.74) is 26.7. The lowest BCUT2D eigenvalue weighted by atomic mass is 9.65. The molecule has 0 saturated carbocycles. The van der Waals surface area contributed by atoms with Crippen molar-refractivity contribution < 1.29 is 0 Å². The molecule has 1 aliphatic heterocycles. The Labute approximate surface area is 472 Å². The van der Waals surface area contributed by atoms with Gasteiger partial charge < -0.3 is 9.47 Å². The van der Waals surface area contributed by atoms with Crippen LogP contribution in [0.25, 0.3) is 103 Å². The van der Waals surface area contributed by atoms with Crippen molar-refractivity contribution in [1.82, 2.24) is 4.57 Å². The van der Waals surface area contributed by atoms with E-state index in [2.05, 4.69) is 289 Å². The fraction of sp³-hybridized carbons (Fsp3) is 0.0256. The fourth-order valence-electron chi connectivity index (χ4n) is 16.0. The molecule has 13 aromatic carbocycles. The van der Waals surface area contributed by atoms with E-state index < -0.39 is 10.8 Å². The summed E-state index contributed by atoms with van der Waals surface area (Å²) >= 11 is 1.87. The van der Waals surface area contributed by atoms with Gasteiger partial charge in [0.2, 0.25) is 0 Å². The number of hydrogen-bond acceptors (Lipinski definition) is 2. The van der Waals surface area contributed by atoms with E-state index >= 15 is 0 Å². The van der Waals surface area contributed by atoms with Crippen molar-refractivity contribution in [2.45, 2.75) is 10.8 Å². The molecule has 4 aliphatic rings. The quantitative estimate of drug-likeness (QED) is 0.171. The van der Waals surface area contributed by atoms with Gasteiger partial charge in [-0.25, -0.2) is 0 Å². The van der Waals surface area contributed by atoms with Crippen LogP contribution in [-0.4, -0.2) is 4.57 Å². The SMILES string of the molecule is c1ccc2c(c1)-c1ccc(N(c3ccc(-c4cccc5sc6ccccc6c45)cc3)c3cccc4c3-c3ccccc3C43c4ccccc4-n4c5ccccc5c5cccc3c54)cc1C21c2ccccc2-c2c1ccc1ccccc21. The molecule has 374 valence electrons. The highest BCUT2D eigenvalue weighted by Crippen LogP contribution is 2.66. The molecule has 0 bridgehead atoms. The molecule has 0 radical (unpaired) electrons. The maximum absolute atomic E-state index is 2.59. The van der Waals surface area contributed by atoms with E-state index in [1.165, 1.54) is 147 Å². The molecular formula is C78H46N2S. The molecule has 81 heavy (non-hydrogen) atoms. The third-order valence-electron chi connectivity index (χ3n) is 19.0. The van der Waals surface area contributed by atoms with Gasteiger partial charge in [-0.2, -0.15) is 0 Å². The Bertz CT molecular complexity index is 5270. The van der Waals surface area contributed by atoms with Gasteiger partial charge in [0.15, 0.2) is 0 Å². The van der Waals surface area contributed by atoms with Gasteiger partial charge in [-0.1, -0.05) is 224 Å². The molecular weight excluding hydrogens is 997 g/mol. The lowest BCUT2D eigenvalue weighted by Crippen LogP contribution is -2.33. The molecule has 3 heteroatoms. The van der Waals surface area contributed by atoms with E-state index in [0.717, 1.165) is 17.1 Å². The second-order valence-corrected chi connectivity index (χ2v) is 23.6. The summed E-state index contributed by atoms with van der Waals surface area (Å²) in [6.45, 7) is 0. The van der Waals surface area contributed by atoms with Crippen molar-refractivity contribution in [2.75, 3.05) is 4.90 Å². The van der Waals surface area contributed by atoms with Crippen molar-refractivity contribution in [2.24, 2.45) is 0 Å². The van der Waals surface area contributed by atoms with Gasteiger partial charge in [0.25, 0.3) is 0 Å². The third-order valence-corrected chi connectivity index (χ3v) is 20.1. The molecule has 2 unspecified atom stereocenters. The number of aromatic nitrogens is 1. The smallest absolute Gasteiger partial charge is 0.0755 e. The number of anilines is 3. The normalized spacial score (nSPS) is 16.5. The predicted molar refractivity (Wildman–Crippen MR) is 338 cm³/mol. The van der Waals surface area contributed by atoms with Crippen LogP contribution in [0.1, 0.15) is 44.5 Å².